The maximum Gasteiger partial charge on any atom is 0.329 e. The Morgan fingerprint density at radius 1 is 1.15 bits per heavy atom. The van der Waals surface area contributed by atoms with Gasteiger partial charge in [-0.25, -0.2) is 4.79 Å². The summed E-state index contributed by atoms with van der Waals surface area (Å²) in [5.74, 6) is 0.426. The molecular formula is C27H34N4O2S. The zero-order valence-corrected chi connectivity index (χ0v) is 20.8. The first-order valence-electron chi connectivity index (χ1n) is 12.2. The molecule has 0 radical (unpaired) electrons. The van der Waals surface area contributed by atoms with Crippen molar-refractivity contribution in [3.8, 4) is 0 Å². The average molecular weight is 479 g/mol. The number of aromatic amines is 1. The van der Waals surface area contributed by atoms with Crippen LogP contribution in [0.2, 0.25) is 0 Å². The van der Waals surface area contributed by atoms with Crippen molar-refractivity contribution in [3.63, 3.8) is 0 Å². The van der Waals surface area contributed by atoms with E-state index in [1.54, 1.807) is 11.3 Å². The Bertz CT molecular complexity index is 1210. The third-order valence-electron chi connectivity index (χ3n) is 6.52. The average Bonchev–Trinajstić information content (AvgIpc) is 3.37. The van der Waals surface area contributed by atoms with E-state index in [1.807, 2.05) is 12.1 Å². The van der Waals surface area contributed by atoms with Crippen molar-refractivity contribution in [3.05, 3.63) is 84.7 Å². The van der Waals surface area contributed by atoms with Gasteiger partial charge in [-0.2, -0.15) is 0 Å². The van der Waals surface area contributed by atoms with Crippen LogP contribution >= 0.6 is 11.3 Å². The van der Waals surface area contributed by atoms with Gasteiger partial charge in [0, 0.05) is 35.8 Å². The van der Waals surface area contributed by atoms with Crippen LogP contribution in [-0.4, -0.2) is 22.1 Å². The van der Waals surface area contributed by atoms with Crippen LogP contribution in [-0.2, 0) is 13.0 Å². The van der Waals surface area contributed by atoms with E-state index in [2.05, 4.69) is 59.1 Å². The number of hydrogen-bond acceptors (Lipinski definition) is 5. The second kappa shape index (κ2) is 11.5. The number of rotatable bonds is 10. The Hall–Kier alpha value is -2.90. The number of thiophene rings is 1. The van der Waals surface area contributed by atoms with Gasteiger partial charge in [-0.3, -0.25) is 14.3 Å². The summed E-state index contributed by atoms with van der Waals surface area (Å²) in [6.45, 7) is 5.56. The van der Waals surface area contributed by atoms with E-state index >= 15 is 0 Å². The molecule has 34 heavy (non-hydrogen) atoms. The van der Waals surface area contributed by atoms with Gasteiger partial charge < -0.3 is 10.6 Å². The molecule has 7 heteroatoms. The van der Waals surface area contributed by atoms with Crippen molar-refractivity contribution in [2.45, 2.75) is 65.0 Å². The molecule has 0 spiro atoms. The first-order valence-corrected chi connectivity index (χ1v) is 13.1. The third-order valence-corrected chi connectivity index (χ3v) is 7.47. The van der Waals surface area contributed by atoms with E-state index in [0.717, 1.165) is 50.8 Å². The maximum atomic E-state index is 12.6. The van der Waals surface area contributed by atoms with Crippen molar-refractivity contribution in [2.75, 3.05) is 11.9 Å². The molecule has 3 heterocycles. The second-order valence-corrected chi connectivity index (χ2v) is 9.91. The number of aromatic nitrogens is 2. The first-order chi connectivity index (χ1) is 16.5. The highest BCUT2D eigenvalue weighted by Gasteiger charge is 2.16. The molecule has 1 aromatic carbocycles. The SMILES string of the molecule is CCc1cc(Nc2cc(=O)n(CCCCCC3CC(c4cccs4)=CCN3)c(=O)[nH]2)ccc1C. The number of unbranched alkanes of at least 4 members (excludes halogenated alkanes) is 2. The lowest BCUT2D eigenvalue weighted by atomic mass is 9.96. The van der Waals surface area contributed by atoms with Gasteiger partial charge in [-0.05, 0) is 72.9 Å². The fourth-order valence-electron chi connectivity index (χ4n) is 4.56. The molecule has 0 amide bonds. The summed E-state index contributed by atoms with van der Waals surface area (Å²) in [5, 5.41) is 8.88. The van der Waals surface area contributed by atoms with Gasteiger partial charge in [-0.1, -0.05) is 38.0 Å². The summed E-state index contributed by atoms with van der Waals surface area (Å²) < 4.78 is 1.30. The van der Waals surface area contributed by atoms with Crippen molar-refractivity contribution < 1.29 is 0 Å². The topological polar surface area (TPSA) is 78.9 Å². The minimum atomic E-state index is -0.363. The summed E-state index contributed by atoms with van der Waals surface area (Å²) in [5.41, 5.74) is 4.15. The summed E-state index contributed by atoms with van der Waals surface area (Å²) in [6, 6.07) is 12.3. The molecule has 1 aliphatic heterocycles. The highest BCUT2D eigenvalue weighted by atomic mass is 32.1. The summed E-state index contributed by atoms with van der Waals surface area (Å²) in [7, 11) is 0. The number of nitrogens with one attached hydrogen (secondary N) is 3. The smallest absolute Gasteiger partial charge is 0.329 e. The molecule has 180 valence electrons. The highest BCUT2D eigenvalue weighted by molar-refractivity contribution is 7.11. The summed E-state index contributed by atoms with van der Waals surface area (Å²) in [4.78, 5) is 29.3. The van der Waals surface area contributed by atoms with Crippen molar-refractivity contribution in [1.29, 1.82) is 0 Å². The maximum absolute atomic E-state index is 12.6. The quantitative estimate of drug-likeness (QED) is 0.349. The molecule has 1 aliphatic rings. The van der Waals surface area contributed by atoms with Gasteiger partial charge in [0.2, 0.25) is 0 Å². The van der Waals surface area contributed by atoms with Crippen LogP contribution in [0.1, 0.15) is 55.0 Å². The zero-order valence-electron chi connectivity index (χ0n) is 20.0. The molecule has 0 saturated heterocycles. The van der Waals surface area contributed by atoms with Gasteiger partial charge in [0.25, 0.3) is 5.56 Å². The molecule has 3 aromatic rings. The van der Waals surface area contributed by atoms with Crippen LogP contribution in [0.25, 0.3) is 5.57 Å². The molecule has 0 aliphatic carbocycles. The summed E-state index contributed by atoms with van der Waals surface area (Å²) in [6.07, 6.45) is 8.28. The normalized spacial score (nSPS) is 15.8. The van der Waals surface area contributed by atoms with Gasteiger partial charge in [0.15, 0.2) is 0 Å². The van der Waals surface area contributed by atoms with Crippen LogP contribution in [0.3, 0.4) is 0 Å². The number of hydrogen-bond donors (Lipinski definition) is 3. The number of aryl methyl sites for hydroxylation is 2. The van der Waals surface area contributed by atoms with Gasteiger partial charge in [-0.15, -0.1) is 11.3 Å². The van der Waals surface area contributed by atoms with Crippen LogP contribution in [0.5, 0.6) is 0 Å². The fraction of sp³-hybridized carbons (Fsp3) is 0.407. The number of anilines is 2. The molecule has 1 atom stereocenters. The van der Waals surface area contributed by atoms with E-state index in [9.17, 15) is 9.59 Å². The minimum absolute atomic E-state index is 0.270. The molecule has 3 N–H and O–H groups in total. The van der Waals surface area contributed by atoms with E-state index in [4.69, 9.17) is 0 Å². The van der Waals surface area contributed by atoms with Gasteiger partial charge >= 0.3 is 5.69 Å². The number of benzene rings is 1. The predicted molar refractivity (Wildman–Crippen MR) is 142 cm³/mol. The fourth-order valence-corrected chi connectivity index (χ4v) is 5.34. The Balaban J connectivity index is 1.26. The third kappa shape index (κ3) is 6.15. The van der Waals surface area contributed by atoms with Gasteiger partial charge in [0.05, 0.1) is 0 Å². The molecule has 6 nitrogen and oxygen atoms in total. The Morgan fingerprint density at radius 3 is 2.79 bits per heavy atom. The minimum Gasteiger partial charge on any atom is -0.342 e. The van der Waals surface area contributed by atoms with Crippen molar-refractivity contribution in [2.24, 2.45) is 0 Å². The van der Waals surface area contributed by atoms with Crippen LogP contribution in [0.4, 0.5) is 11.5 Å². The molecule has 0 saturated carbocycles. The molecular weight excluding hydrogens is 444 g/mol. The standard InChI is InChI=1S/C27H34N4O2S/c1-3-20-16-23(11-10-19(20)2)29-25-18-26(32)31(27(33)30-25)14-6-4-5-8-22-17-21(12-13-28-22)24-9-7-15-34-24/h7,9-12,15-16,18,22,28-29H,3-6,8,13-14,17H2,1-2H3,(H,30,33). The lowest BCUT2D eigenvalue weighted by molar-refractivity contribution is 0.461. The van der Waals surface area contributed by atoms with E-state index in [0.29, 0.717) is 18.4 Å². The zero-order chi connectivity index (χ0) is 23.9. The molecule has 1 unspecified atom stereocenters. The van der Waals surface area contributed by atoms with E-state index in [1.165, 1.54) is 32.2 Å². The Kier molecular flexibility index (Phi) is 8.19. The number of H-pyrrole nitrogens is 1. The molecule has 0 bridgehead atoms. The highest BCUT2D eigenvalue weighted by Crippen LogP contribution is 2.27. The lowest BCUT2D eigenvalue weighted by Crippen LogP contribution is -2.35. The van der Waals surface area contributed by atoms with Gasteiger partial charge in [0.1, 0.15) is 5.82 Å². The largest absolute Gasteiger partial charge is 0.342 e. The van der Waals surface area contributed by atoms with Crippen molar-refractivity contribution in [1.82, 2.24) is 14.9 Å². The molecule has 2 aromatic heterocycles. The Labute approximate surface area is 204 Å². The van der Waals surface area contributed by atoms with Crippen molar-refractivity contribution >= 4 is 28.4 Å². The lowest BCUT2D eigenvalue weighted by Gasteiger charge is -2.24. The second-order valence-electron chi connectivity index (χ2n) is 8.96. The Morgan fingerprint density at radius 2 is 2.03 bits per heavy atom. The predicted octanol–water partition coefficient (Wildman–Crippen LogP) is 5.22. The van der Waals surface area contributed by atoms with E-state index in [-0.39, 0.29) is 11.2 Å². The van der Waals surface area contributed by atoms with Crippen LogP contribution in [0.15, 0.2) is 57.4 Å². The van der Waals surface area contributed by atoms with Crippen LogP contribution < -0.4 is 21.9 Å². The van der Waals surface area contributed by atoms with E-state index < -0.39 is 0 Å². The first kappa shape index (κ1) is 24.2. The molecule has 0 fully saturated rings. The summed E-state index contributed by atoms with van der Waals surface area (Å²) >= 11 is 1.80. The number of nitrogens with zero attached hydrogens (tertiary/aromatic N) is 1. The monoisotopic (exact) mass is 478 g/mol. The van der Waals surface area contributed by atoms with Crippen LogP contribution in [0, 0.1) is 6.92 Å². The molecule has 4 rings (SSSR count).